The summed E-state index contributed by atoms with van der Waals surface area (Å²) in [5, 5.41) is 4.29. The number of aromatic nitrogens is 3. The SMILES string of the molecule is CCCOc1ccc(Cc2nn3c(=O)/c(=C/C=C/c4ccccc4)sc3nc2=O)cc1. The molecule has 2 aromatic carbocycles. The zero-order valence-electron chi connectivity index (χ0n) is 17.0. The predicted molar refractivity (Wildman–Crippen MR) is 124 cm³/mol. The lowest BCUT2D eigenvalue weighted by Crippen LogP contribution is -2.27. The van der Waals surface area contributed by atoms with Gasteiger partial charge in [0.1, 0.15) is 11.4 Å². The molecule has 0 amide bonds. The van der Waals surface area contributed by atoms with Crippen LogP contribution in [0.5, 0.6) is 5.75 Å². The normalized spacial score (nSPS) is 12.1. The number of ether oxygens (including phenoxy) is 1. The van der Waals surface area contributed by atoms with Crippen LogP contribution in [-0.2, 0) is 6.42 Å². The molecule has 31 heavy (non-hydrogen) atoms. The molecule has 156 valence electrons. The third-order valence-electron chi connectivity index (χ3n) is 4.55. The van der Waals surface area contributed by atoms with E-state index in [-0.39, 0.29) is 11.3 Å². The fraction of sp³-hybridized carbons (Fsp3) is 0.167. The minimum absolute atomic E-state index is 0.237. The Morgan fingerprint density at radius 2 is 1.84 bits per heavy atom. The van der Waals surface area contributed by atoms with E-state index in [4.69, 9.17) is 4.74 Å². The molecule has 0 radical (unpaired) electrons. The molecule has 6 nitrogen and oxygen atoms in total. The van der Waals surface area contributed by atoms with Gasteiger partial charge in [-0.05, 0) is 35.8 Å². The van der Waals surface area contributed by atoms with Gasteiger partial charge < -0.3 is 4.74 Å². The molecular weight excluding hydrogens is 410 g/mol. The topological polar surface area (TPSA) is 73.6 Å². The van der Waals surface area contributed by atoms with Crippen LogP contribution in [0.2, 0.25) is 0 Å². The molecule has 0 fully saturated rings. The molecule has 0 atom stereocenters. The van der Waals surface area contributed by atoms with Crippen molar-refractivity contribution in [1.82, 2.24) is 14.6 Å². The highest BCUT2D eigenvalue weighted by Crippen LogP contribution is 2.14. The maximum atomic E-state index is 12.7. The van der Waals surface area contributed by atoms with Crippen molar-refractivity contribution in [2.24, 2.45) is 0 Å². The van der Waals surface area contributed by atoms with E-state index >= 15 is 0 Å². The number of allylic oxidation sites excluding steroid dienone is 1. The van der Waals surface area contributed by atoms with Gasteiger partial charge in [-0.1, -0.05) is 72.9 Å². The molecule has 0 aliphatic rings. The van der Waals surface area contributed by atoms with Crippen LogP contribution >= 0.6 is 11.3 Å². The Morgan fingerprint density at radius 1 is 1.06 bits per heavy atom. The van der Waals surface area contributed by atoms with Gasteiger partial charge in [0.2, 0.25) is 4.96 Å². The van der Waals surface area contributed by atoms with E-state index in [0.717, 1.165) is 34.6 Å². The highest BCUT2D eigenvalue weighted by molar-refractivity contribution is 7.15. The van der Waals surface area contributed by atoms with E-state index in [1.54, 1.807) is 6.08 Å². The lowest BCUT2D eigenvalue weighted by Gasteiger charge is -2.05. The molecule has 0 saturated carbocycles. The molecule has 0 aliphatic carbocycles. The van der Waals surface area contributed by atoms with Crippen molar-refractivity contribution >= 4 is 28.4 Å². The average molecular weight is 432 g/mol. The van der Waals surface area contributed by atoms with Gasteiger partial charge in [0.15, 0.2) is 0 Å². The number of hydrogen-bond donors (Lipinski definition) is 0. The van der Waals surface area contributed by atoms with Crippen molar-refractivity contribution in [3.8, 4) is 5.75 Å². The molecule has 2 aromatic heterocycles. The highest BCUT2D eigenvalue weighted by atomic mass is 32.1. The van der Waals surface area contributed by atoms with E-state index in [9.17, 15) is 9.59 Å². The Balaban J connectivity index is 1.60. The van der Waals surface area contributed by atoms with E-state index in [0.29, 0.717) is 22.5 Å². The number of hydrogen-bond acceptors (Lipinski definition) is 6. The zero-order chi connectivity index (χ0) is 21.6. The van der Waals surface area contributed by atoms with Crippen LogP contribution in [0.3, 0.4) is 0 Å². The number of thiazole rings is 1. The first-order valence-electron chi connectivity index (χ1n) is 10.0. The molecule has 0 saturated heterocycles. The molecule has 0 N–H and O–H groups in total. The second-order valence-corrected chi connectivity index (χ2v) is 7.94. The van der Waals surface area contributed by atoms with Crippen molar-refractivity contribution in [1.29, 1.82) is 0 Å². The summed E-state index contributed by atoms with van der Waals surface area (Å²) in [5.74, 6) is 0.785. The largest absolute Gasteiger partial charge is 0.494 e. The van der Waals surface area contributed by atoms with Crippen LogP contribution in [0, 0.1) is 0 Å². The molecule has 0 unspecified atom stereocenters. The van der Waals surface area contributed by atoms with Crippen LogP contribution in [0.4, 0.5) is 0 Å². The summed E-state index contributed by atoms with van der Waals surface area (Å²) in [7, 11) is 0. The molecule has 4 aromatic rings. The molecule has 0 spiro atoms. The number of fused-ring (bicyclic) bond motifs is 1. The Labute approximate surface area is 182 Å². The third kappa shape index (κ3) is 4.95. The van der Waals surface area contributed by atoms with Crippen LogP contribution in [0.1, 0.15) is 30.2 Å². The maximum absolute atomic E-state index is 12.7. The molecule has 4 rings (SSSR count). The van der Waals surface area contributed by atoms with Gasteiger partial charge >= 0.3 is 0 Å². The maximum Gasteiger partial charge on any atom is 0.296 e. The third-order valence-corrected chi connectivity index (χ3v) is 5.53. The van der Waals surface area contributed by atoms with Crippen LogP contribution in [-0.4, -0.2) is 21.2 Å². The summed E-state index contributed by atoms with van der Waals surface area (Å²) < 4.78 is 7.26. The minimum atomic E-state index is -0.418. The smallest absolute Gasteiger partial charge is 0.296 e. The van der Waals surface area contributed by atoms with E-state index in [1.165, 1.54) is 4.52 Å². The molecular formula is C24H21N3O3S. The summed E-state index contributed by atoms with van der Waals surface area (Å²) in [5.41, 5.74) is 1.47. The lowest BCUT2D eigenvalue weighted by molar-refractivity contribution is 0.317. The summed E-state index contributed by atoms with van der Waals surface area (Å²) in [6, 6.07) is 17.3. The number of nitrogens with zero attached hydrogens (tertiary/aromatic N) is 3. The Kier molecular flexibility index (Phi) is 6.33. The first kappa shape index (κ1) is 20.7. The highest BCUT2D eigenvalue weighted by Gasteiger charge is 2.11. The summed E-state index contributed by atoms with van der Waals surface area (Å²) in [4.78, 5) is 29.5. The molecule has 0 aliphatic heterocycles. The van der Waals surface area contributed by atoms with Gasteiger partial charge in [-0.25, -0.2) is 0 Å². The molecule has 0 bridgehead atoms. The van der Waals surface area contributed by atoms with Crippen LogP contribution in [0.25, 0.3) is 17.1 Å². The predicted octanol–water partition coefficient (Wildman–Crippen LogP) is 3.10. The monoisotopic (exact) mass is 431 g/mol. The fourth-order valence-electron chi connectivity index (χ4n) is 2.99. The number of benzene rings is 2. The quantitative estimate of drug-likeness (QED) is 0.450. The Morgan fingerprint density at radius 3 is 2.58 bits per heavy atom. The first-order valence-corrected chi connectivity index (χ1v) is 10.8. The van der Waals surface area contributed by atoms with Gasteiger partial charge in [0, 0.05) is 6.42 Å². The second kappa shape index (κ2) is 9.49. The Hall–Kier alpha value is -3.58. The van der Waals surface area contributed by atoms with Gasteiger partial charge in [0.05, 0.1) is 11.1 Å². The van der Waals surface area contributed by atoms with Gasteiger partial charge in [0.25, 0.3) is 11.1 Å². The van der Waals surface area contributed by atoms with E-state index in [2.05, 4.69) is 10.1 Å². The average Bonchev–Trinajstić information content (AvgIpc) is 3.09. The van der Waals surface area contributed by atoms with E-state index in [1.807, 2.05) is 73.7 Å². The van der Waals surface area contributed by atoms with Crippen LogP contribution < -0.4 is 20.4 Å². The Bertz CT molecular complexity index is 1370. The van der Waals surface area contributed by atoms with Crippen molar-refractivity contribution in [2.75, 3.05) is 6.61 Å². The number of rotatable bonds is 7. The van der Waals surface area contributed by atoms with Crippen LogP contribution in [0.15, 0.2) is 70.3 Å². The first-order chi connectivity index (χ1) is 15.1. The standard InChI is InChI=1S/C24H21N3O3S/c1-2-15-30-19-13-11-18(12-14-19)16-20-22(28)25-24-27(26-20)23(29)21(31-24)10-6-9-17-7-4-3-5-8-17/h3-14H,2,15-16H2,1H3/b9-6+,21-10-. The van der Waals surface area contributed by atoms with Crippen molar-refractivity contribution < 1.29 is 4.74 Å². The fourth-order valence-corrected chi connectivity index (χ4v) is 3.85. The molecule has 7 heteroatoms. The summed E-state index contributed by atoms with van der Waals surface area (Å²) in [6.45, 7) is 2.71. The summed E-state index contributed by atoms with van der Waals surface area (Å²) >= 11 is 1.15. The minimum Gasteiger partial charge on any atom is -0.494 e. The second-order valence-electron chi connectivity index (χ2n) is 6.94. The van der Waals surface area contributed by atoms with Gasteiger partial charge in [-0.15, -0.1) is 0 Å². The van der Waals surface area contributed by atoms with Gasteiger partial charge in [-0.3, -0.25) is 9.59 Å². The summed E-state index contributed by atoms with van der Waals surface area (Å²) in [6.07, 6.45) is 6.67. The zero-order valence-corrected chi connectivity index (χ0v) is 17.8. The van der Waals surface area contributed by atoms with Crippen molar-refractivity contribution in [2.45, 2.75) is 19.8 Å². The van der Waals surface area contributed by atoms with Gasteiger partial charge in [-0.2, -0.15) is 14.6 Å². The molecule has 2 heterocycles. The van der Waals surface area contributed by atoms with Crippen molar-refractivity contribution in [3.63, 3.8) is 0 Å². The van der Waals surface area contributed by atoms with E-state index < -0.39 is 5.56 Å². The lowest BCUT2D eigenvalue weighted by atomic mass is 10.1. The van der Waals surface area contributed by atoms with Crippen molar-refractivity contribution in [3.05, 3.63) is 103 Å².